The summed E-state index contributed by atoms with van der Waals surface area (Å²) < 4.78 is 29.4. The summed E-state index contributed by atoms with van der Waals surface area (Å²) >= 11 is 0. The van der Waals surface area contributed by atoms with E-state index in [4.69, 9.17) is 5.21 Å². The summed E-state index contributed by atoms with van der Waals surface area (Å²) in [7, 11) is 0. The number of nitrogens with one attached hydrogen (secondary N) is 1. The zero-order chi connectivity index (χ0) is 20.3. The molecule has 4 nitrogen and oxygen atoms in total. The van der Waals surface area contributed by atoms with Crippen molar-refractivity contribution in [3.63, 3.8) is 0 Å². The van der Waals surface area contributed by atoms with Gasteiger partial charge in [-0.15, -0.1) is 0 Å². The fourth-order valence-corrected chi connectivity index (χ4v) is 7.31. The second kappa shape index (κ2) is 7.02. The largest absolute Gasteiger partial charge is 0.295 e. The maximum absolute atomic E-state index is 14.7. The van der Waals surface area contributed by atoms with Crippen LogP contribution in [-0.4, -0.2) is 34.8 Å². The number of benzene rings is 1. The number of carbonyl (C=O) groups is 1. The Labute approximate surface area is 170 Å². The highest BCUT2D eigenvalue weighted by molar-refractivity contribution is 5.93. The van der Waals surface area contributed by atoms with Crippen LogP contribution in [0.3, 0.4) is 0 Å². The average Bonchev–Trinajstić information content (AvgIpc) is 2.70. The van der Waals surface area contributed by atoms with Crippen molar-refractivity contribution in [3.05, 3.63) is 34.6 Å². The van der Waals surface area contributed by atoms with Crippen LogP contribution in [0.2, 0.25) is 0 Å². The van der Waals surface area contributed by atoms with Crippen LogP contribution in [0.5, 0.6) is 0 Å². The van der Waals surface area contributed by atoms with Crippen LogP contribution in [0.1, 0.15) is 66.9 Å². The lowest BCUT2D eigenvalue weighted by atomic mass is 9.48. The van der Waals surface area contributed by atoms with E-state index in [0.29, 0.717) is 24.4 Å². The third-order valence-electron chi connectivity index (χ3n) is 8.28. The Morgan fingerprint density at radius 1 is 1.28 bits per heavy atom. The van der Waals surface area contributed by atoms with E-state index >= 15 is 0 Å². The van der Waals surface area contributed by atoms with Gasteiger partial charge >= 0.3 is 0 Å². The molecule has 0 saturated heterocycles. The van der Waals surface area contributed by atoms with Crippen molar-refractivity contribution >= 4 is 5.91 Å². The Morgan fingerprint density at radius 3 is 2.66 bits per heavy atom. The third kappa shape index (κ3) is 3.19. The molecule has 1 heterocycles. The molecule has 1 amide bonds. The normalized spacial score (nSPS) is 38.1. The smallest absolute Gasteiger partial charge is 0.274 e. The predicted molar refractivity (Wildman–Crippen MR) is 105 cm³/mol. The molecule has 0 spiro atoms. The average molecular weight is 405 g/mol. The topological polar surface area (TPSA) is 52.6 Å². The van der Waals surface area contributed by atoms with Gasteiger partial charge in [-0.25, -0.2) is 14.3 Å². The molecule has 0 aromatic heterocycles. The van der Waals surface area contributed by atoms with Crippen LogP contribution in [0, 0.1) is 29.0 Å². The summed E-state index contributed by atoms with van der Waals surface area (Å²) in [5, 5.41) is 8.92. The van der Waals surface area contributed by atoms with Crippen LogP contribution in [0.15, 0.2) is 12.1 Å². The number of rotatable bonds is 4. The predicted octanol–water partition coefficient (Wildman–Crippen LogP) is 4.25. The zero-order valence-corrected chi connectivity index (χ0v) is 17.0. The maximum atomic E-state index is 14.7. The number of hydrogen-bond acceptors (Lipinski definition) is 3. The number of fused-ring (bicyclic) bond motifs is 1. The lowest BCUT2D eigenvalue weighted by molar-refractivity contribution is -0.120. The van der Waals surface area contributed by atoms with Crippen molar-refractivity contribution in [1.29, 1.82) is 0 Å². The third-order valence-corrected chi connectivity index (χ3v) is 8.28. The highest BCUT2D eigenvalue weighted by Crippen LogP contribution is 2.61. The number of hydroxylamine groups is 1. The van der Waals surface area contributed by atoms with E-state index < -0.39 is 12.1 Å². The summed E-state index contributed by atoms with van der Waals surface area (Å²) in [6.45, 7) is 3.70. The minimum absolute atomic E-state index is 0.147. The van der Waals surface area contributed by atoms with E-state index in [0.717, 1.165) is 44.2 Å². The maximum Gasteiger partial charge on any atom is 0.274 e. The molecule has 1 aromatic carbocycles. The molecule has 3 atom stereocenters. The molecule has 29 heavy (non-hydrogen) atoms. The molecule has 4 fully saturated rings. The Balaban J connectivity index is 1.42. The van der Waals surface area contributed by atoms with Crippen molar-refractivity contribution in [2.75, 3.05) is 6.54 Å². The van der Waals surface area contributed by atoms with E-state index in [9.17, 15) is 13.6 Å². The first-order valence-corrected chi connectivity index (χ1v) is 11.0. The van der Waals surface area contributed by atoms with Crippen LogP contribution in [-0.2, 0) is 13.0 Å². The number of carbonyl (C=O) groups excluding carboxylic acids is 1. The molecule has 6 heteroatoms. The molecule has 4 aliphatic carbocycles. The number of hydrogen-bond donors (Lipinski definition) is 2. The van der Waals surface area contributed by atoms with Crippen LogP contribution < -0.4 is 5.48 Å². The summed E-state index contributed by atoms with van der Waals surface area (Å²) in [6, 6.07) is 3.19. The molecule has 6 rings (SSSR count). The first-order chi connectivity index (χ1) is 13.9. The monoisotopic (exact) mass is 404 g/mol. The van der Waals surface area contributed by atoms with E-state index in [1.807, 2.05) is 0 Å². The minimum atomic E-state index is -0.689. The van der Waals surface area contributed by atoms with Gasteiger partial charge in [-0.3, -0.25) is 14.9 Å². The van der Waals surface area contributed by atoms with Crippen molar-refractivity contribution in [1.82, 2.24) is 10.4 Å². The molecular weight excluding hydrogens is 374 g/mol. The highest BCUT2D eigenvalue weighted by atomic mass is 19.1. The van der Waals surface area contributed by atoms with Crippen LogP contribution in [0.25, 0.3) is 0 Å². The fraction of sp³-hybridized carbons (Fsp3) is 0.696. The van der Waals surface area contributed by atoms with Gasteiger partial charge in [0.2, 0.25) is 0 Å². The molecule has 2 N–H and O–H groups in total. The molecule has 1 aromatic rings. The van der Waals surface area contributed by atoms with E-state index in [-0.39, 0.29) is 34.7 Å². The number of nitrogens with zero attached hydrogens (tertiary/aromatic N) is 1. The van der Waals surface area contributed by atoms with Crippen molar-refractivity contribution in [3.8, 4) is 0 Å². The lowest BCUT2D eigenvalue weighted by Gasteiger charge is -2.59. The minimum Gasteiger partial charge on any atom is -0.295 e. The highest BCUT2D eigenvalue weighted by Gasteiger charge is 2.56. The van der Waals surface area contributed by atoms with Gasteiger partial charge in [0.1, 0.15) is 12.0 Å². The Hall–Kier alpha value is -1.53. The van der Waals surface area contributed by atoms with E-state index in [1.54, 1.807) is 11.5 Å². The van der Waals surface area contributed by atoms with Gasteiger partial charge in [-0.1, -0.05) is 6.92 Å². The molecule has 0 radical (unpaired) electrons. The standard InChI is InChI=1S/C23H30F2N2O2/c1-2-18-7-19-17(5-14(6-20(19)24)22(28)26-29)11-27(18)12-23-8-13-3-15(9-23)21(25)16(4-13)10-23/h5-6,13,15-16,18,21,29H,2-4,7-12H2,1H3,(H,26,28)/t13?,15?,16?,18-,21?,23?/m1/s1. The second-order valence-electron chi connectivity index (χ2n) is 10.1. The Morgan fingerprint density at radius 2 is 2.00 bits per heavy atom. The number of halogens is 2. The van der Waals surface area contributed by atoms with Crippen molar-refractivity contribution in [2.45, 2.75) is 70.6 Å². The number of alkyl halides is 1. The van der Waals surface area contributed by atoms with Crippen molar-refractivity contribution < 1.29 is 18.8 Å². The molecule has 4 saturated carbocycles. The van der Waals surface area contributed by atoms with Gasteiger partial charge in [-0.05, 0) is 91.4 Å². The summed E-state index contributed by atoms with van der Waals surface area (Å²) in [5.74, 6) is 0.0839. The van der Waals surface area contributed by atoms with Gasteiger partial charge in [0.15, 0.2) is 0 Å². The Bertz CT molecular complexity index is 813. The number of amides is 1. The molecule has 4 bridgehead atoms. The van der Waals surface area contributed by atoms with Gasteiger partial charge in [0.05, 0.1) is 0 Å². The second-order valence-corrected chi connectivity index (χ2v) is 10.1. The first kappa shape index (κ1) is 19.4. The molecule has 2 unspecified atom stereocenters. The van der Waals surface area contributed by atoms with Crippen LogP contribution >= 0.6 is 0 Å². The summed E-state index contributed by atoms with van der Waals surface area (Å²) in [4.78, 5) is 14.3. The van der Waals surface area contributed by atoms with Gasteiger partial charge in [-0.2, -0.15) is 0 Å². The van der Waals surface area contributed by atoms with Gasteiger partial charge < -0.3 is 0 Å². The van der Waals surface area contributed by atoms with E-state index in [1.165, 1.54) is 12.5 Å². The fourth-order valence-electron chi connectivity index (χ4n) is 7.31. The molecule has 158 valence electrons. The quantitative estimate of drug-likeness (QED) is 0.583. The van der Waals surface area contributed by atoms with Gasteiger partial charge in [0, 0.05) is 24.7 Å². The summed E-state index contributed by atoms with van der Waals surface area (Å²) in [6.07, 6.45) is 6.26. The van der Waals surface area contributed by atoms with Gasteiger partial charge in [0.25, 0.3) is 5.91 Å². The SMILES string of the molecule is CC[C@@H]1Cc2c(F)cc(C(=O)NO)cc2CN1CC12CC3CC(C1)C(F)C(C3)C2. The summed E-state index contributed by atoms with van der Waals surface area (Å²) in [5.41, 5.74) is 3.47. The molecular formula is C23H30F2N2O2. The van der Waals surface area contributed by atoms with Crippen molar-refractivity contribution in [2.24, 2.45) is 23.2 Å². The lowest BCUT2D eigenvalue weighted by Crippen LogP contribution is -2.57. The Kier molecular flexibility index (Phi) is 4.70. The van der Waals surface area contributed by atoms with E-state index in [2.05, 4.69) is 11.8 Å². The first-order valence-electron chi connectivity index (χ1n) is 11.0. The van der Waals surface area contributed by atoms with Crippen LogP contribution in [0.4, 0.5) is 8.78 Å². The molecule has 5 aliphatic rings. The molecule has 1 aliphatic heterocycles. The zero-order valence-electron chi connectivity index (χ0n) is 17.0.